The zero-order valence-electron chi connectivity index (χ0n) is 14.1. The topological polar surface area (TPSA) is 123 Å². The van der Waals surface area contributed by atoms with Gasteiger partial charge in [-0.15, -0.1) is 11.3 Å². The Kier molecular flexibility index (Phi) is 4.90. The number of nitrogens with one attached hydrogen (secondary N) is 2. The van der Waals surface area contributed by atoms with Crippen molar-refractivity contribution in [3.8, 4) is 0 Å². The van der Waals surface area contributed by atoms with Gasteiger partial charge in [-0.2, -0.15) is 0 Å². The Labute approximate surface area is 153 Å². The summed E-state index contributed by atoms with van der Waals surface area (Å²) >= 11 is 1.33. The molecule has 0 bridgehead atoms. The Morgan fingerprint density at radius 2 is 1.96 bits per heavy atom. The summed E-state index contributed by atoms with van der Waals surface area (Å²) in [6.07, 6.45) is 4.54. The lowest BCUT2D eigenvalue weighted by molar-refractivity contribution is 0.0997. The standard InChI is InChI=1S/C17H16N6O2S/c1-9-5-12(3-4-20-9)22-16(25)14-17(26-10(2)21-14)23-13-6-11(15(18)24)7-19-8-13/h3-8,23H,1-2H3,(H2,18,24)(H,20,22,25). The van der Waals surface area contributed by atoms with E-state index >= 15 is 0 Å². The van der Waals surface area contributed by atoms with Crippen molar-refractivity contribution < 1.29 is 9.59 Å². The van der Waals surface area contributed by atoms with Crippen LogP contribution in [0.5, 0.6) is 0 Å². The van der Waals surface area contributed by atoms with Crippen molar-refractivity contribution in [2.24, 2.45) is 5.73 Å². The third-order valence-corrected chi connectivity index (χ3v) is 4.27. The minimum Gasteiger partial charge on any atom is -0.366 e. The molecule has 2 amide bonds. The normalized spacial score (nSPS) is 10.4. The molecule has 26 heavy (non-hydrogen) atoms. The molecule has 0 radical (unpaired) electrons. The van der Waals surface area contributed by atoms with E-state index in [9.17, 15) is 9.59 Å². The molecule has 4 N–H and O–H groups in total. The molecule has 132 valence electrons. The molecule has 0 saturated carbocycles. The van der Waals surface area contributed by atoms with Crippen LogP contribution in [0.4, 0.5) is 16.4 Å². The highest BCUT2D eigenvalue weighted by Crippen LogP contribution is 2.28. The van der Waals surface area contributed by atoms with Crippen LogP contribution in [0.15, 0.2) is 36.8 Å². The SMILES string of the molecule is Cc1cc(NC(=O)c2nc(C)sc2Nc2cncc(C(N)=O)c2)ccn1. The molecule has 3 aromatic heterocycles. The molecule has 0 aliphatic heterocycles. The lowest BCUT2D eigenvalue weighted by Gasteiger charge is -2.08. The molecule has 0 aromatic carbocycles. The van der Waals surface area contributed by atoms with Crippen molar-refractivity contribution in [2.45, 2.75) is 13.8 Å². The fourth-order valence-corrected chi connectivity index (χ4v) is 3.09. The molecular formula is C17H16N6O2S. The van der Waals surface area contributed by atoms with Crippen molar-refractivity contribution in [3.63, 3.8) is 0 Å². The highest BCUT2D eigenvalue weighted by atomic mass is 32.1. The van der Waals surface area contributed by atoms with E-state index in [2.05, 4.69) is 25.6 Å². The zero-order chi connectivity index (χ0) is 18.7. The smallest absolute Gasteiger partial charge is 0.277 e. The van der Waals surface area contributed by atoms with Gasteiger partial charge >= 0.3 is 0 Å². The van der Waals surface area contributed by atoms with Crippen molar-refractivity contribution in [1.29, 1.82) is 0 Å². The number of carbonyl (C=O) groups is 2. The molecule has 3 rings (SSSR count). The fourth-order valence-electron chi connectivity index (χ4n) is 2.25. The molecule has 0 aliphatic rings. The van der Waals surface area contributed by atoms with Gasteiger partial charge < -0.3 is 16.4 Å². The lowest BCUT2D eigenvalue weighted by Crippen LogP contribution is -2.14. The van der Waals surface area contributed by atoms with E-state index < -0.39 is 5.91 Å². The average molecular weight is 368 g/mol. The van der Waals surface area contributed by atoms with Gasteiger partial charge in [-0.25, -0.2) is 4.98 Å². The van der Waals surface area contributed by atoms with E-state index in [-0.39, 0.29) is 17.2 Å². The van der Waals surface area contributed by atoms with Gasteiger partial charge in [0.2, 0.25) is 5.91 Å². The highest BCUT2D eigenvalue weighted by molar-refractivity contribution is 7.16. The number of pyridine rings is 2. The maximum absolute atomic E-state index is 12.6. The summed E-state index contributed by atoms with van der Waals surface area (Å²) in [6.45, 7) is 3.65. The summed E-state index contributed by atoms with van der Waals surface area (Å²) in [5.41, 5.74) is 7.77. The molecule has 0 spiro atoms. The lowest BCUT2D eigenvalue weighted by atomic mass is 10.2. The van der Waals surface area contributed by atoms with Crippen molar-refractivity contribution in [1.82, 2.24) is 15.0 Å². The quantitative estimate of drug-likeness (QED) is 0.636. The van der Waals surface area contributed by atoms with Gasteiger partial charge in [0.1, 0.15) is 5.00 Å². The minimum atomic E-state index is -0.576. The summed E-state index contributed by atoms with van der Waals surface area (Å²) in [6, 6.07) is 5.04. The highest BCUT2D eigenvalue weighted by Gasteiger charge is 2.18. The Morgan fingerprint density at radius 1 is 1.15 bits per heavy atom. The van der Waals surface area contributed by atoms with Gasteiger partial charge in [0.15, 0.2) is 5.69 Å². The third-order valence-electron chi connectivity index (χ3n) is 3.38. The number of hydrogen-bond donors (Lipinski definition) is 3. The van der Waals surface area contributed by atoms with Crippen molar-refractivity contribution in [2.75, 3.05) is 10.6 Å². The van der Waals surface area contributed by atoms with Crippen LogP contribution in [0.3, 0.4) is 0 Å². The van der Waals surface area contributed by atoms with E-state index in [0.717, 1.165) is 10.7 Å². The van der Waals surface area contributed by atoms with Crippen molar-refractivity contribution >= 4 is 39.5 Å². The number of carbonyl (C=O) groups excluding carboxylic acids is 2. The Hall–Kier alpha value is -3.33. The molecule has 9 heteroatoms. The maximum atomic E-state index is 12.6. The van der Waals surface area contributed by atoms with E-state index in [1.54, 1.807) is 31.3 Å². The van der Waals surface area contributed by atoms with E-state index in [0.29, 0.717) is 16.4 Å². The second-order valence-corrected chi connectivity index (χ2v) is 6.71. The third kappa shape index (κ3) is 4.01. The number of hydrogen-bond acceptors (Lipinski definition) is 7. The first-order chi connectivity index (χ1) is 12.4. The predicted molar refractivity (Wildman–Crippen MR) is 99.8 cm³/mol. The number of anilines is 3. The number of amides is 2. The number of rotatable bonds is 5. The number of primary amides is 1. The summed E-state index contributed by atoms with van der Waals surface area (Å²) < 4.78 is 0. The first-order valence-electron chi connectivity index (χ1n) is 7.65. The van der Waals surface area contributed by atoms with E-state index in [1.807, 2.05) is 6.92 Å². The van der Waals surface area contributed by atoms with Gasteiger partial charge in [0.25, 0.3) is 5.91 Å². The van der Waals surface area contributed by atoms with Crippen LogP contribution < -0.4 is 16.4 Å². The Bertz CT molecular complexity index is 985. The largest absolute Gasteiger partial charge is 0.366 e. The summed E-state index contributed by atoms with van der Waals surface area (Å²) in [5.74, 6) is -0.922. The number of aromatic nitrogens is 3. The fraction of sp³-hybridized carbons (Fsp3) is 0.118. The Balaban J connectivity index is 1.85. The maximum Gasteiger partial charge on any atom is 0.277 e. The van der Waals surface area contributed by atoms with Crippen LogP contribution >= 0.6 is 11.3 Å². The number of nitrogens with zero attached hydrogens (tertiary/aromatic N) is 3. The second-order valence-electron chi connectivity index (χ2n) is 5.50. The van der Waals surface area contributed by atoms with Crippen LogP contribution in [-0.2, 0) is 0 Å². The molecule has 0 unspecified atom stereocenters. The number of aryl methyl sites for hydroxylation is 2. The van der Waals surface area contributed by atoms with Gasteiger partial charge in [-0.3, -0.25) is 19.6 Å². The first kappa shape index (κ1) is 17.5. The van der Waals surface area contributed by atoms with Gasteiger partial charge in [0, 0.05) is 23.8 Å². The molecule has 0 atom stereocenters. The zero-order valence-corrected chi connectivity index (χ0v) is 14.9. The molecular weight excluding hydrogens is 352 g/mol. The average Bonchev–Trinajstić information content (AvgIpc) is 2.95. The van der Waals surface area contributed by atoms with Crippen LogP contribution in [0, 0.1) is 13.8 Å². The molecule has 0 saturated heterocycles. The monoisotopic (exact) mass is 368 g/mol. The minimum absolute atomic E-state index is 0.256. The summed E-state index contributed by atoms with van der Waals surface area (Å²) in [4.78, 5) is 36.3. The number of thiazole rings is 1. The molecule has 3 aromatic rings. The van der Waals surface area contributed by atoms with Crippen LogP contribution in [0.25, 0.3) is 0 Å². The first-order valence-corrected chi connectivity index (χ1v) is 8.47. The summed E-state index contributed by atoms with van der Waals surface area (Å²) in [5, 5.41) is 7.16. The number of nitrogens with two attached hydrogens (primary N) is 1. The molecule has 0 fully saturated rings. The van der Waals surface area contributed by atoms with E-state index in [1.165, 1.54) is 23.7 Å². The predicted octanol–water partition coefficient (Wildman–Crippen LogP) is 2.64. The van der Waals surface area contributed by atoms with Gasteiger partial charge in [0.05, 0.1) is 22.5 Å². The van der Waals surface area contributed by atoms with Gasteiger partial charge in [-0.1, -0.05) is 0 Å². The van der Waals surface area contributed by atoms with Crippen LogP contribution in [-0.4, -0.2) is 26.8 Å². The molecule has 8 nitrogen and oxygen atoms in total. The Morgan fingerprint density at radius 3 is 2.69 bits per heavy atom. The molecule has 3 heterocycles. The van der Waals surface area contributed by atoms with Crippen LogP contribution in [0.2, 0.25) is 0 Å². The molecule has 0 aliphatic carbocycles. The second kappa shape index (κ2) is 7.28. The van der Waals surface area contributed by atoms with Crippen LogP contribution in [0.1, 0.15) is 31.5 Å². The van der Waals surface area contributed by atoms with Crippen molar-refractivity contribution in [3.05, 3.63) is 58.7 Å². The van der Waals surface area contributed by atoms with Gasteiger partial charge in [-0.05, 0) is 32.0 Å². The van der Waals surface area contributed by atoms with E-state index in [4.69, 9.17) is 5.73 Å². The summed E-state index contributed by atoms with van der Waals surface area (Å²) in [7, 11) is 0.